The smallest absolute Gasteiger partial charge is 0.129 e. The van der Waals surface area contributed by atoms with E-state index in [1.807, 2.05) is 0 Å². The lowest BCUT2D eigenvalue weighted by Gasteiger charge is -2.17. The standard InChI is InChI=1S/C49H72O/c1-36(2)20-15-21-37(3)22-16-23-38(4)24-17-25-39(5)26-18-28-41(7)34-43(9)35-42(8)29-19-27-40(6)32-33-46-44(10)47-30-13-14-31-48(47)49(50-12)45(46)11/h13-14,20,22,24,26,29-32,34,43H,15-19,21,23,25,27-28,33,35H2,1-12H3. The van der Waals surface area contributed by atoms with Crippen molar-refractivity contribution in [3.05, 3.63) is 122 Å². The van der Waals surface area contributed by atoms with Crippen LogP contribution in [0, 0.1) is 19.8 Å². The molecule has 1 nitrogen and oxygen atoms in total. The molecular weight excluding hydrogens is 605 g/mol. The third kappa shape index (κ3) is 16.1. The molecule has 2 aromatic carbocycles. The summed E-state index contributed by atoms with van der Waals surface area (Å²) in [5.41, 5.74) is 14.5. The van der Waals surface area contributed by atoms with E-state index >= 15 is 0 Å². The molecule has 0 radical (unpaired) electrons. The van der Waals surface area contributed by atoms with Crippen molar-refractivity contribution in [2.45, 2.75) is 153 Å². The number of hydrogen-bond donors (Lipinski definition) is 0. The SMILES string of the molecule is COc1c(C)c(CC=C(C)CCC=C(C)CC(C)C=C(C)CCC=C(C)CCC=C(C)CCC=C(C)CCC=C(C)C)c(C)c2ccccc12. The van der Waals surface area contributed by atoms with Gasteiger partial charge in [-0.25, -0.2) is 0 Å². The molecule has 0 N–H and O–H groups in total. The Morgan fingerprint density at radius 1 is 0.560 bits per heavy atom. The maximum atomic E-state index is 5.84. The van der Waals surface area contributed by atoms with Crippen molar-refractivity contribution < 1.29 is 4.74 Å². The lowest BCUT2D eigenvalue weighted by Crippen LogP contribution is -1.99. The molecule has 0 saturated heterocycles. The van der Waals surface area contributed by atoms with Crippen molar-refractivity contribution in [3.63, 3.8) is 0 Å². The molecule has 0 fully saturated rings. The molecule has 1 unspecified atom stereocenters. The first-order chi connectivity index (χ1) is 23.8. The molecule has 0 aromatic heterocycles. The van der Waals surface area contributed by atoms with Crippen LogP contribution in [-0.2, 0) is 6.42 Å². The molecule has 0 saturated carbocycles. The predicted octanol–water partition coefficient (Wildman–Crippen LogP) is 15.6. The van der Waals surface area contributed by atoms with Gasteiger partial charge in [-0.2, -0.15) is 0 Å². The minimum Gasteiger partial charge on any atom is -0.496 e. The van der Waals surface area contributed by atoms with Gasteiger partial charge in [0.05, 0.1) is 7.11 Å². The number of hydrogen-bond acceptors (Lipinski definition) is 1. The van der Waals surface area contributed by atoms with Gasteiger partial charge in [0.2, 0.25) is 0 Å². The van der Waals surface area contributed by atoms with Gasteiger partial charge in [0.25, 0.3) is 0 Å². The van der Waals surface area contributed by atoms with Gasteiger partial charge in [-0.1, -0.05) is 113 Å². The van der Waals surface area contributed by atoms with Crippen molar-refractivity contribution in [2.24, 2.45) is 5.92 Å². The topological polar surface area (TPSA) is 9.23 Å². The summed E-state index contributed by atoms with van der Waals surface area (Å²) in [7, 11) is 1.79. The fourth-order valence-electron chi connectivity index (χ4n) is 7.04. The molecule has 0 aliphatic rings. The first kappa shape index (κ1) is 42.8. The summed E-state index contributed by atoms with van der Waals surface area (Å²) in [4.78, 5) is 0. The van der Waals surface area contributed by atoms with Crippen LogP contribution in [0.5, 0.6) is 5.75 Å². The van der Waals surface area contributed by atoms with Crippen molar-refractivity contribution >= 4 is 10.8 Å². The van der Waals surface area contributed by atoms with Crippen molar-refractivity contribution in [1.29, 1.82) is 0 Å². The second-order valence-electron chi connectivity index (χ2n) is 15.4. The van der Waals surface area contributed by atoms with E-state index in [2.05, 4.69) is 143 Å². The number of methoxy groups -OCH3 is 1. The Morgan fingerprint density at radius 2 is 1.00 bits per heavy atom. The van der Waals surface area contributed by atoms with Crippen LogP contribution in [0.1, 0.15) is 150 Å². The number of fused-ring (bicyclic) bond motifs is 1. The van der Waals surface area contributed by atoms with E-state index in [1.54, 1.807) is 7.11 Å². The average molecular weight is 677 g/mol. The highest BCUT2D eigenvalue weighted by Crippen LogP contribution is 2.36. The fourth-order valence-corrected chi connectivity index (χ4v) is 7.04. The third-order valence-corrected chi connectivity index (χ3v) is 10.1. The van der Waals surface area contributed by atoms with Crippen LogP contribution < -0.4 is 4.74 Å². The summed E-state index contributed by atoms with van der Waals surface area (Å²) in [6, 6.07) is 8.60. The van der Waals surface area contributed by atoms with E-state index in [4.69, 9.17) is 4.74 Å². The Kier molecular flexibility index (Phi) is 19.9. The zero-order valence-electron chi connectivity index (χ0n) is 34.3. The first-order valence-corrected chi connectivity index (χ1v) is 19.5. The largest absolute Gasteiger partial charge is 0.496 e. The molecule has 50 heavy (non-hydrogen) atoms. The van der Waals surface area contributed by atoms with Crippen LogP contribution in [0.2, 0.25) is 0 Å². The van der Waals surface area contributed by atoms with Crippen LogP contribution in [0.25, 0.3) is 10.8 Å². The second kappa shape index (κ2) is 23.2. The fraction of sp³-hybridized carbons (Fsp3) is 0.510. The molecule has 0 spiro atoms. The van der Waals surface area contributed by atoms with Gasteiger partial charge in [0, 0.05) is 5.39 Å². The molecular formula is C49H72O. The van der Waals surface area contributed by atoms with E-state index < -0.39 is 0 Å². The van der Waals surface area contributed by atoms with Gasteiger partial charge in [0.1, 0.15) is 5.75 Å². The van der Waals surface area contributed by atoms with Crippen LogP contribution in [0.4, 0.5) is 0 Å². The second-order valence-corrected chi connectivity index (χ2v) is 15.4. The molecule has 0 amide bonds. The number of aryl methyl sites for hydroxylation is 1. The van der Waals surface area contributed by atoms with Gasteiger partial charge in [-0.15, -0.1) is 0 Å². The number of allylic oxidation sites excluding steroid dienone is 14. The monoisotopic (exact) mass is 677 g/mol. The molecule has 2 aromatic rings. The van der Waals surface area contributed by atoms with Gasteiger partial charge in [-0.05, 0) is 174 Å². The summed E-state index contributed by atoms with van der Waals surface area (Å²) in [6.07, 6.45) is 30.7. The molecule has 1 atom stereocenters. The van der Waals surface area contributed by atoms with Crippen molar-refractivity contribution in [3.8, 4) is 5.75 Å². The average Bonchev–Trinajstić information content (AvgIpc) is 3.04. The highest BCUT2D eigenvalue weighted by molar-refractivity contribution is 5.93. The Morgan fingerprint density at radius 3 is 1.50 bits per heavy atom. The predicted molar refractivity (Wildman–Crippen MR) is 226 cm³/mol. The molecule has 0 aliphatic heterocycles. The summed E-state index contributed by atoms with van der Waals surface area (Å²) in [5.74, 6) is 1.59. The van der Waals surface area contributed by atoms with Crippen molar-refractivity contribution in [2.75, 3.05) is 7.11 Å². The highest BCUT2D eigenvalue weighted by Gasteiger charge is 2.14. The Bertz CT molecular complexity index is 1570. The zero-order valence-corrected chi connectivity index (χ0v) is 34.3. The lowest BCUT2D eigenvalue weighted by molar-refractivity contribution is 0.416. The van der Waals surface area contributed by atoms with Gasteiger partial charge >= 0.3 is 0 Å². The van der Waals surface area contributed by atoms with Gasteiger partial charge in [-0.3, -0.25) is 0 Å². The molecule has 0 heterocycles. The summed E-state index contributed by atoms with van der Waals surface area (Å²) in [6.45, 7) is 25.0. The van der Waals surface area contributed by atoms with Crippen LogP contribution >= 0.6 is 0 Å². The van der Waals surface area contributed by atoms with E-state index in [9.17, 15) is 0 Å². The Balaban J connectivity index is 1.74. The normalized spacial score (nSPS) is 14.4. The summed E-state index contributed by atoms with van der Waals surface area (Å²) >= 11 is 0. The lowest BCUT2D eigenvalue weighted by atomic mass is 9.91. The molecule has 0 aliphatic carbocycles. The Labute approximate surface area is 309 Å². The van der Waals surface area contributed by atoms with Gasteiger partial charge in [0.15, 0.2) is 0 Å². The van der Waals surface area contributed by atoms with E-state index in [1.165, 1.54) is 92.2 Å². The number of rotatable bonds is 21. The van der Waals surface area contributed by atoms with E-state index in [-0.39, 0.29) is 0 Å². The summed E-state index contributed by atoms with van der Waals surface area (Å²) < 4.78 is 5.84. The molecule has 2 rings (SSSR count). The minimum atomic E-state index is 0.575. The highest BCUT2D eigenvalue weighted by atomic mass is 16.5. The molecule has 274 valence electrons. The number of benzene rings is 2. The number of ether oxygens (including phenoxy) is 1. The maximum Gasteiger partial charge on any atom is 0.129 e. The Hall–Kier alpha value is -3.32. The van der Waals surface area contributed by atoms with Crippen LogP contribution in [0.15, 0.2) is 106 Å². The molecule has 0 bridgehead atoms. The summed E-state index contributed by atoms with van der Waals surface area (Å²) in [5, 5.41) is 2.51. The van der Waals surface area contributed by atoms with Crippen LogP contribution in [0.3, 0.4) is 0 Å². The van der Waals surface area contributed by atoms with Crippen molar-refractivity contribution in [1.82, 2.24) is 0 Å². The van der Waals surface area contributed by atoms with E-state index in [0.717, 1.165) is 57.1 Å². The minimum absolute atomic E-state index is 0.575. The first-order valence-electron chi connectivity index (χ1n) is 19.5. The third-order valence-electron chi connectivity index (χ3n) is 10.1. The van der Waals surface area contributed by atoms with Gasteiger partial charge < -0.3 is 4.74 Å². The van der Waals surface area contributed by atoms with E-state index in [0.29, 0.717) is 5.92 Å². The molecule has 1 heteroatoms. The quantitative estimate of drug-likeness (QED) is 0.120. The zero-order chi connectivity index (χ0) is 37.1. The van der Waals surface area contributed by atoms with Crippen LogP contribution in [-0.4, -0.2) is 7.11 Å². The maximum absolute atomic E-state index is 5.84.